The van der Waals surface area contributed by atoms with Crippen LogP contribution in [0.25, 0.3) is 0 Å². The Balaban J connectivity index is 2.54. The molecule has 0 saturated carbocycles. The molecule has 0 spiro atoms. The molecule has 2 N–H and O–H groups in total. The zero-order valence-electron chi connectivity index (χ0n) is 11.2. The van der Waals surface area contributed by atoms with Crippen molar-refractivity contribution in [2.45, 2.75) is 19.6 Å². The topological polar surface area (TPSA) is 63.3 Å². The SMILES string of the molecule is CNCc1nc(C)ccc1OCC(=O)NCC(F)(F)F. The molecule has 0 bridgehead atoms. The number of hydrogen-bond acceptors (Lipinski definition) is 4. The molecule has 0 atom stereocenters. The van der Waals surface area contributed by atoms with Gasteiger partial charge in [0.25, 0.3) is 5.91 Å². The maximum absolute atomic E-state index is 11.9. The van der Waals surface area contributed by atoms with E-state index in [9.17, 15) is 18.0 Å². The fourth-order valence-corrected chi connectivity index (χ4v) is 1.42. The number of aryl methyl sites for hydroxylation is 1. The zero-order valence-corrected chi connectivity index (χ0v) is 11.2. The highest BCUT2D eigenvalue weighted by molar-refractivity contribution is 5.77. The minimum Gasteiger partial charge on any atom is -0.482 e. The van der Waals surface area contributed by atoms with E-state index in [-0.39, 0.29) is 0 Å². The minimum atomic E-state index is -4.43. The molecule has 0 aliphatic heterocycles. The van der Waals surface area contributed by atoms with Gasteiger partial charge in [0, 0.05) is 12.2 Å². The highest BCUT2D eigenvalue weighted by Crippen LogP contribution is 2.17. The van der Waals surface area contributed by atoms with Crippen molar-refractivity contribution in [3.63, 3.8) is 0 Å². The number of carbonyl (C=O) groups is 1. The van der Waals surface area contributed by atoms with Gasteiger partial charge in [0.1, 0.15) is 12.3 Å². The lowest BCUT2D eigenvalue weighted by Crippen LogP contribution is -2.36. The number of alkyl halides is 3. The van der Waals surface area contributed by atoms with E-state index in [0.717, 1.165) is 5.69 Å². The highest BCUT2D eigenvalue weighted by Gasteiger charge is 2.27. The Bertz CT molecular complexity index is 464. The van der Waals surface area contributed by atoms with E-state index in [1.165, 1.54) is 0 Å². The molecule has 0 unspecified atom stereocenters. The number of ether oxygens (including phenoxy) is 1. The second kappa shape index (κ2) is 7.09. The van der Waals surface area contributed by atoms with Crippen LogP contribution in [0.15, 0.2) is 12.1 Å². The number of carbonyl (C=O) groups excluding carboxylic acids is 1. The number of hydrogen-bond donors (Lipinski definition) is 2. The summed E-state index contributed by atoms with van der Waals surface area (Å²) in [5, 5.41) is 4.62. The van der Waals surface area contributed by atoms with Crippen LogP contribution >= 0.6 is 0 Å². The normalized spacial score (nSPS) is 11.2. The second-order valence-electron chi connectivity index (χ2n) is 4.11. The van der Waals surface area contributed by atoms with E-state index in [1.54, 1.807) is 31.4 Å². The van der Waals surface area contributed by atoms with Gasteiger partial charge in [-0.3, -0.25) is 9.78 Å². The first kappa shape index (κ1) is 16.2. The third-order valence-electron chi connectivity index (χ3n) is 2.26. The molecular weight excluding hydrogens is 275 g/mol. The van der Waals surface area contributed by atoms with Crippen molar-refractivity contribution >= 4 is 5.91 Å². The average Bonchev–Trinajstić information content (AvgIpc) is 2.35. The number of halogens is 3. The minimum absolute atomic E-state index is 0.368. The van der Waals surface area contributed by atoms with Gasteiger partial charge in [0.2, 0.25) is 0 Å². The second-order valence-corrected chi connectivity index (χ2v) is 4.11. The monoisotopic (exact) mass is 291 g/mol. The molecule has 0 saturated heterocycles. The number of amides is 1. The molecule has 0 aromatic carbocycles. The van der Waals surface area contributed by atoms with Gasteiger partial charge >= 0.3 is 6.18 Å². The summed E-state index contributed by atoms with van der Waals surface area (Å²) in [6, 6.07) is 3.33. The lowest BCUT2D eigenvalue weighted by molar-refractivity contribution is -0.139. The van der Waals surface area contributed by atoms with Crippen LogP contribution in [0.5, 0.6) is 5.75 Å². The summed E-state index contributed by atoms with van der Waals surface area (Å²) in [6.07, 6.45) is -4.43. The predicted molar refractivity (Wildman–Crippen MR) is 66.3 cm³/mol. The first-order chi connectivity index (χ1) is 9.31. The molecule has 1 aromatic rings. The first-order valence-corrected chi connectivity index (χ1v) is 5.89. The Morgan fingerprint density at radius 3 is 2.70 bits per heavy atom. The van der Waals surface area contributed by atoms with E-state index in [1.807, 2.05) is 0 Å². The smallest absolute Gasteiger partial charge is 0.405 e. The summed E-state index contributed by atoms with van der Waals surface area (Å²) in [5.41, 5.74) is 1.38. The van der Waals surface area contributed by atoms with E-state index in [2.05, 4.69) is 10.3 Å². The summed E-state index contributed by atoms with van der Waals surface area (Å²) < 4.78 is 40.9. The van der Waals surface area contributed by atoms with Crippen LogP contribution in [-0.4, -0.2) is 37.3 Å². The number of aromatic nitrogens is 1. The van der Waals surface area contributed by atoms with Crippen molar-refractivity contribution in [3.05, 3.63) is 23.5 Å². The van der Waals surface area contributed by atoms with Crippen LogP contribution in [0.1, 0.15) is 11.4 Å². The molecule has 20 heavy (non-hydrogen) atoms. The molecule has 1 rings (SSSR count). The van der Waals surface area contributed by atoms with Gasteiger partial charge in [-0.2, -0.15) is 13.2 Å². The molecule has 1 aromatic heterocycles. The van der Waals surface area contributed by atoms with Crippen LogP contribution < -0.4 is 15.4 Å². The number of rotatable bonds is 6. The molecule has 0 radical (unpaired) electrons. The van der Waals surface area contributed by atoms with Gasteiger partial charge in [-0.15, -0.1) is 0 Å². The fourth-order valence-electron chi connectivity index (χ4n) is 1.42. The van der Waals surface area contributed by atoms with Gasteiger partial charge in [-0.25, -0.2) is 0 Å². The zero-order chi connectivity index (χ0) is 15.2. The average molecular weight is 291 g/mol. The molecule has 112 valence electrons. The number of pyridine rings is 1. The largest absolute Gasteiger partial charge is 0.482 e. The van der Waals surface area contributed by atoms with E-state index < -0.39 is 25.2 Å². The Hall–Kier alpha value is -1.83. The molecule has 5 nitrogen and oxygen atoms in total. The maximum atomic E-state index is 11.9. The Labute approximate surface area is 114 Å². The van der Waals surface area contributed by atoms with Crippen LogP contribution in [-0.2, 0) is 11.3 Å². The van der Waals surface area contributed by atoms with Crippen molar-refractivity contribution in [2.75, 3.05) is 20.2 Å². The van der Waals surface area contributed by atoms with Gasteiger partial charge in [0.05, 0.1) is 5.69 Å². The molecule has 0 aliphatic rings. The van der Waals surface area contributed by atoms with Crippen molar-refractivity contribution in [3.8, 4) is 5.75 Å². The first-order valence-electron chi connectivity index (χ1n) is 5.89. The van der Waals surface area contributed by atoms with Gasteiger partial charge < -0.3 is 15.4 Å². The molecule has 1 heterocycles. The van der Waals surface area contributed by atoms with Gasteiger partial charge in [-0.1, -0.05) is 0 Å². The number of nitrogens with zero attached hydrogens (tertiary/aromatic N) is 1. The molecule has 0 fully saturated rings. The van der Waals surface area contributed by atoms with Crippen LogP contribution in [0.3, 0.4) is 0 Å². The van der Waals surface area contributed by atoms with Crippen LogP contribution in [0.4, 0.5) is 13.2 Å². The summed E-state index contributed by atoms with van der Waals surface area (Å²) in [4.78, 5) is 15.5. The van der Waals surface area contributed by atoms with Crippen molar-refractivity contribution in [1.29, 1.82) is 0 Å². The third-order valence-corrected chi connectivity index (χ3v) is 2.26. The Kier molecular flexibility index (Phi) is 5.75. The third kappa shape index (κ3) is 5.87. The van der Waals surface area contributed by atoms with Gasteiger partial charge in [0.15, 0.2) is 6.61 Å². The molecule has 8 heteroatoms. The van der Waals surface area contributed by atoms with Crippen LogP contribution in [0.2, 0.25) is 0 Å². The highest BCUT2D eigenvalue weighted by atomic mass is 19.4. The Morgan fingerprint density at radius 2 is 2.10 bits per heavy atom. The van der Waals surface area contributed by atoms with Crippen LogP contribution in [0, 0.1) is 6.92 Å². The molecular formula is C12H16F3N3O2. The lowest BCUT2D eigenvalue weighted by atomic mass is 10.3. The molecule has 1 amide bonds. The molecule has 0 aliphatic carbocycles. The quantitative estimate of drug-likeness (QED) is 0.826. The van der Waals surface area contributed by atoms with Gasteiger partial charge in [-0.05, 0) is 26.1 Å². The van der Waals surface area contributed by atoms with E-state index in [0.29, 0.717) is 18.0 Å². The predicted octanol–water partition coefficient (Wildman–Crippen LogP) is 1.17. The van der Waals surface area contributed by atoms with Crippen molar-refractivity contribution in [2.24, 2.45) is 0 Å². The van der Waals surface area contributed by atoms with E-state index in [4.69, 9.17) is 4.74 Å². The summed E-state index contributed by atoms with van der Waals surface area (Å²) in [5.74, 6) is -0.467. The standard InChI is InChI=1S/C12H16F3N3O2/c1-8-3-4-10(9(18-8)5-16-2)20-6-11(19)17-7-12(13,14)15/h3-4,16H,5-7H2,1-2H3,(H,17,19). The summed E-state index contributed by atoms with van der Waals surface area (Å²) in [6.45, 7) is 0.377. The number of nitrogens with one attached hydrogen (secondary N) is 2. The Morgan fingerprint density at radius 1 is 1.40 bits per heavy atom. The van der Waals surface area contributed by atoms with Crippen molar-refractivity contribution < 1.29 is 22.7 Å². The van der Waals surface area contributed by atoms with E-state index >= 15 is 0 Å². The summed E-state index contributed by atoms with van der Waals surface area (Å²) in [7, 11) is 1.73. The summed E-state index contributed by atoms with van der Waals surface area (Å²) >= 11 is 0. The fraction of sp³-hybridized carbons (Fsp3) is 0.500. The maximum Gasteiger partial charge on any atom is 0.405 e. The van der Waals surface area contributed by atoms with Crippen molar-refractivity contribution in [1.82, 2.24) is 15.6 Å². The lowest BCUT2D eigenvalue weighted by Gasteiger charge is -2.12.